The maximum Gasteiger partial charge on any atom is 0.230 e. The van der Waals surface area contributed by atoms with Gasteiger partial charge in [-0.1, -0.05) is 24.4 Å². The molecule has 1 aromatic heterocycles. The number of carbonyl (C=O) groups excluding carboxylic acids is 1. The molecular formula is C18H30ClIN4OS. The Labute approximate surface area is 183 Å². The number of halogens is 2. The highest BCUT2D eigenvalue weighted by molar-refractivity contribution is 14.0. The molecule has 1 N–H and O–H groups in total. The minimum atomic E-state index is -0.336. The molecule has 0 saturated heterocycles. The van der Waals surface area contributed by atoms with Crippen molar-refractivity contribution in [3.05, 3.63) is 21.3 Å². The number of nitrogens with one attached hydrogen (secondary N) is 1. The number of rotatable bonds is 6. The zero-order valence-corrected chi connectivity index (χ0v) is 20.0. The molecular weight excluding hydrogens is 483 g/mol. The third-order valence-electron chi connectivity index (χ3n) is 4.67. The molecule has 2 rings (SSSR count). The standard InChI is InChI=1S/C18H29ClN4OS.HI/c1-5-20-17(23(4)12-14-8-9-15(19)25-14)21-13-18(10-6-7-11-18)16(24)22(2)3;/h8-9H,5-7,10-13H2,1-4H3,(H,20,21);1H. The minimum Gasteiger partial charge on any atom is -0.357 e. The van der Waals surface area contributed by atoms with Crippen LogP contribution < -0.4 is 5.32 Å². The van der Waals surface area contributed by atoms with Gasteiger partial charge in [0.1, 0.15) is 0 Å². The van der Waals surface area contributed by atoms with E-state index in [-0.39, 0.29) is 35.3 Å². The van der Waals surface area contributed by atoms with Crippen LogP contribution in [0.15, 0.2) is 17.1 Å². The van der Waals surface area contributed by atoms with Gasteiger partial charge in [-0.25, -0.2) is 0 Å². The van der Waals surface area contributed by atoms with Gasteiger partial charge in [-0.2, -0.15) is 0 Å². The molecule has 0 unspecified atom stereocenters. The SMILES string of the molecule is CCNC(=NCC1(C(=O)N(C)C)CCCC1)N(C)Cc1ccc(Cl)s1.I. The van der Waals surface area contributed by atoms with Crippen LogP contribution in [0.4, 0.5) is 0 Å². The van der Waals surface area contributed by atoms with Crippen molar-refractivity contribution in [2.45, 2.75) is 39.2 Å². The van der Waals surface area contributed by atoms with Crippen LogP contribution >= 0.6 is 46.9 Å². The molecule has 1 aliphatic rings. The second-order valence-corrected chi connectivity index (χ2v) is 8.72. The summed E-state index contributed by atoms with van der Waals surface area (Å²) in [6, 6.07) is 3.96. The third kappa shape index (κ3) is 5.99. The topological polar surface area (TPSA) is 47.9 Å². The predicted molar refractivity (Wildman–Crippen MR) is 122 cm³/mol. The van der Waals surface area contributed by atoms with E-state index >= 15 is 0 Å². The van der Waals surface area contributed by atoms with Crippen LogP contribution in [0.2, 0.25) is 4.34 Å². The molecule has 1 saturated carbocycles. The van der Waals surface area contributed by atoms with E-state index in [1.807, 2.05) is 33.3 Å². The second kappa shape index (κ2) is 10.7. The van der Waals surface area contributed by atoms with Crippen molar-refractivity contribution in [3.8, 4) is 0 Å². The summed E-state index contributed by atoms with van der Waals surface area (Å²) in [5, 5.41) is 3.34. The van der Waals surface area contributed by atoms with Crippen molar-refractivity contribution in [1.82, 2.24) is 15.1 Å². The molecule has 1 aliphatic carbocycles. The molecule has 1 aromatic rings. The number of carbonyl (C=O) groups is 1. The molecule has 148 valence electrons. The average molecular weight is 513 g/mol. The lowest BCUT2D eigenvalue weighted by Gasteiger charge is -2.30. The van der Waals surface area contributed by atoms with E-state index in [1.165, 1.54) is 4.88 Å². The lowest BCUT2D eigenvalue weighted by Crippen LogP contribution is -2.43. The van der Waals surface area contributed by atoms with Crippen LogP contribution in [0.5, 0.6) is 0 Å². The fourth-order valence-corrected chi connectivity index (χ4v) is 4.55. The number of amides is 1. The quantitative estimate of drug-likeness (QED) is 0.355. The molecule has 5 nitrogen and oxygen atoms in total. The van der Waals surface area contributed by atoms with Crippen molar-refractivity contribution in [2.75, 3.05) is 34.2 Å². The van der Waals surface area contributed by atoms with Crippen LogP contribution in [0.25, 0.3) is 0 Å². The Morgan fingerprint density at radius 2 is 1.96 bits per heavy atom. The van der Waals surface area contributed by atoms with Crippen molar-refractivity contribution in [1.29, 1.82) is 0 Å². The third-order valence-corrected chi connectivity index (χ3v) is 5.89. The van der Waals surface area contributed by atoms with Gasteiger partial charge in [0, 0.05) is 32.6 Å². The van der Waals surface area contributed by atoms with Crippen molar-refractivity contribution in [3.63, 3.8) is 0 Å². The summed E-state index contributed by atoms with van der Waals surface area (Å²) < 4.78 is 0.798. The Morgan fingerprint density at radius 3 is 2.46 bits per heavy atom. The molecule has 1 fully saturated rings. The Kier molecular flexibility index (Phi) is 9.68. The summed E-state index contributed by atoms with van der Waals surface area (Å²) >= 11 is 7.61. The Hall–Kier alpha value is -0.540. The molecule has 26 heavy (non-hydrogen) atoms. The molecule has 0 aromatic carbocycles. The fourth-order valence-electron chi connectivity index (χ4n) is 3.41. The summed E-state index contributed by atoms with van der Waals surface area (Å²) in [4.78, 5) is 22.5. The van der Waals surface area contributed by atoms with Gasteiger partial charge in [-0.3, -0.25) is 9.79 Å². The van der Waals surface area contributed by atoms with E-state index < -0.39 is 0 Å². The number of hydrogen-bond donors (Lipinski definition) is 1. The van der Waals surface area contributed by atoms with Gasteiger partial charge in [0.15, 0.2) is 5.96 Å². The second-order valence-electron chi connectivity index (χ2n) is 6.92. The lowest BCUT2D eigenvalue weighted by atomic mass is 9.85. The zero-order chi connectivity index (χ0) is 18.4. The van der Waals surface area contributed by atoms with Gasteiger partial charge in [0.25, 0.3) is 0 Å². The summed E-state index contributed by atoms with van der Waals surface area (Å²) in [6.07, 6.45) is 4.07. The van der Waals surface area contributed by atoms with Crippen molar-refractivity contribution in [2.24, 2.45) is 10.4 Å². The molecule has 1 heterocycles. The predicted octanol–water partition coefficient (Wildman–Crippen LogP) is 4.07. The number of guanidine groups is 1. The Balaban J connectivity index is 0.00000338. The molecule has 0 bridgehead atoms. The van der Waals surface area contributed by atoms with Crippen molar-refractivity contribution < 1.29 is 4.79 Å². The van der Waals surface area contributed by atoms with Gasteiger partial charge in [-0.15, -0.1) is 35.3 Å². The summed E-state index contributed by atoms with van der Waals surface area (Å²) in [5.41, 5.74) is -0.336. The first-order valence-electron chi connectivity index (χ1n) is 8.83. The first kappa shape index (κ1) is 23.5. The zero-order valence-electron chi connectivity index (χ0n) is 16.0. The minimum absolute atomic E-state index is 0. The Bertz CT molecular complexity index is 614. The number of aliphatic imine (C=N–C) groups is 1. The van der Waals surface area contributed by atoms with Gasteiger partial charge < -0.3 is 15.1 Å². The maximum absolute atomic E-state index is 12.7. The van der Waals surface area contributed by atoms with E-state index in [1.54, 1.807) is 16.2 Å². The molecule has 0 aliphatic heterocycles. The fraction of sp³-hybridized carbons (Fsp3) is 0.667. The van der Waals surface area contributed by atoms with E-state index in [4.69, 9.17) is 16.6 Å². The molecule has 8 heteroatoms. The van der Waals surface area contributed by atoms with Gasteiger partial charge in [0.05, 0.1) is 22.8 Å². The summed E-state index contributed by atoms with van der Waals surface area (Å²) in [5.74, 6) is 1.04. The van der Waals surface area contributed by atoms with Crippen LogP contribution in [-0.4, -0.2) is 55.9 Å². The molecule has 1 amide bonds. The first-order valence-corrected chi connectivity index (χ1v) is 10.0. The molecule has 0 radical (unpaired) electrons. The average Bonchev–Trinajstić information content (AvgIpc) is 3.20. The highest BCUT2D eigenvalue weighted by Crippen LogP contribution is 2.39. The maximum atomic E-state index is 12.7. The van der Waals surface area contributed by atoms with Crippen LogP contribution in [0.3, 0.4) is 0 Å². The van der Waals surface area contributed by atoms with E-state index in [9.17, 15) is 4.79 Å². The summed E-state index contributed by atoms with van der Waals surface area (Å²) in [6.45, 7) is 4.14. The van der Waals surface area contributed by atoms with E-state index in [0.717, 1.165) is 49.1 Å². The molecule has 0 atom stereocenters. The number of hydrogen-bond acceptors (Lipinski definition) is 3. The van der Waals surface area contributed by atoms with E-state index in [0.29, 0.717) is 6.54 Å². The first-order chi connectivity index (χ1) is 11.9. The van der Waals surface area contributed by atoms with Crippen LogP contribution in [-0.2, 0) is 11.3 Å². The van der Waals surface area contributed by atoms with Crippen LogP contribution in [0.1, 0.15) is 37.5 Å². The largest absolute Gasteiger partial charge is 0.357 e. The number of nitrogens with zero attached hydrogens (tertiary/aromatic N) is 3. The lowest BCUT2D eigenvalue weighted by molar-refractivity contribution is -0.138. The summed E-state index contributed by atoms with van der Waals surface area (Å²) in [7, 11) is 5.69. The van der Waals surface area contributed by atoms with E-state index in [2.05, 4.69) is 17.1 Å². The van der Waals surface area contributed by atoms with Gasteiger partial charge in [0.2, 0.25) is 5.91 Å². The van der Waals surface area contributed by atoms with Crippen LogP contribution in [0, 0.1) is 5.41 Å². The normalized spacial score (nSPS) is 16.1. The Morgan fingerprint density at radius 1 is 1.31 bits per heavy atom. The highest BCUT2D eigenvalue weighted by Gasteiger charge is 2.42. The van der Waals surface area contributed by atoms with Gasteiger partial charge in [-0.05, 0) is 31.9 Å². The van der Waals surface area contributed by atoms with Gasteiger partial charge >= 0.3 is 0 Å². The number of thiophene rings is 1. The highest BCUT2D eigenvalue weighted by atomic mass is 127. The monoisotopic (exact) mass is 512 g/mol. The molecule has 0 spiro atoms. The van der Waals surface area contributed by atoms with Crippen molar-refractivity contribution >= 4 is 58.8 Å². The smallest absolute Gasteiger partial charge is 0.230 e.